The fraction of sp³-hybridized carbons (Fsp3) is 0.211. The monoisotopic (exact) mass is 339 g/mol. The van der Waals surface area contributed by atoms with Crippen LogP contribution in [0, 0.1) is 0 Å². The summed E-state index contributed by atoms with van der Waals surface area (Å²) in [6, 6.07) is 13.0. The molecular formula is C19H21N3O3. The van der Waals surface area contributed by atoms with Gasteiger partial charge in [-0.3, -0.25) is 9.59 Å². The molecule has 0 radical (unpaired) electrons. The topological polar surface area (TPSA) is 87.3 Å². The Labute approximate surface area is 146 Å². The van der Waals surface area contributed by atoms with Crippen LogP contribution in [0.4, 0.5) is 16.2 Å². The number of hydrogen-bond donors (Lipinski definition) is 3. The van der Waals surface area contributed by atoms with E-state index < -0.39 is 0 Å². The highest BCUT2D eigenvalue weighted by molar-refractivity contribution is 6.05. The molecule has 0 saturated carbocycles. The third kappa shape index (κ3) is 5.46. The van der Waals surface area contributed by atoms with Crippen LogP contribution in [0.3, 0.4) is 0 Å². The summed E-state index contributed by atoms with van der Waals surface area (Å²) in [5.74, 6) is -0.295. The summed E-state index contributed by atoms with van der Waals surface area (Å²) in [6.07, 6.45) is 0. The molecule has 0 aromatic heterocycles. The van der Waals surface area contributed by atoms with E-state index in [-0.39, 0.29) is 23.8 Å². The van der Waals surface area contributed by atoms with Crippen LogP contribution >= 0.6 is 0 Å². The zero-order chi connectivity index (χ0) is 18.4. The minimum Gasteiger partial charge on any atom is -0.336 e. The van der Waals surface area contributed by atoms with Crippen molar-refractivity contribution in [1.82, 2.24) is 5.32 Å². The molecule has 0 unspecified atom stereocenters. The van der Waals surface area contributed by atoms with Gasteiger partial charge in [-0.1, -0.05) is 0 Å². The molecule has 6 heteroatoms. The van der Waals surface area contributed by atoms with E-state index in [4.69, 9.17) is 0 Å². The highest BCUT2D eigenvalue weighted by Crippen LogP contribution is 2.14. The molecule has 0 heterocycles. The van der Waals surface area contributed by atoms with Crippen LogP contribution in [-0.2, 0) is 0 Å². The van der Waals surface area contributed by atoms with Gasteiger partial charge in [0.05, 0.1) is 0 Å². The SMILES string of the molecule is CC(=O)c1ccc(NC(=O)c2ccc(NC(=O)NC(C)C)cc2)cc1. The minimum absolute atomic E-state index is 0.0255. The Balaban J connectivity index is 1.98. The number of anilines is 2. The fourth-order valence-electron chi connectivity index (χ4n) is 2.13. The van der Waals surface area contributed by atoms with Gasteiger partial charge < -0.3 is 16.0 Å². The molecule has 3 amide bonds. The lowest BCUT2D eigenvalue weighted by molar-refractivity contribution is 0.101. The molecule has 3 N–H and O–H groups in total. The molecule has 0 aliphatic rings. The Morgan fingerprint density at radius 1 is 0.760 bits per heavy atom. The van der Waals surface area contributed by atoms with Gasteiger partial charge >= 0.3 is 6.03 Å². The highest BCUT2D eigenvalue weighted by atomic mass is 16.2. The van der Waals surface area contributed by atoms with E-state index >= 15 is 0 Å². The van der Waals surface area contributed by atoms with Crippen LogP contribution in [0.15, 0.2) is 48.5 Å². The molecule has 130 valence electrons. The van der Waals surface area contributed by atoms with Crippen LogP contribution in [-0.4, -0.2) is 23.8 Å². The Morgan fingerprint density at radius 2 is 1.24 bits per heavy atom. The summed E-state index contributed by atoms with van der Waals surface area (Å²) < 4.78 is 0. The summed E-state index contributed by atoms with van der Waals surface area (Å²) in [5, 5.41) is 8.17. The van der Waals surface area contributed by atoms with Gasteiger partial charge in [-0.2, -0.15) is 0 Å². The number of nitrogens with one attached hydrogen (secondary N) is 3. The van der Waals surface area contributed by atoms with Crippen molar-refractivity contribution >= 4 is 29.1 Å². The number of carbonyl (C=O) groups is 3. The van der Waals surface area contributed by atoms with Crippen molar-refractivity contribution < 1.29 is 14.4 Å². The summed E-state index contributed by atoms with van der Waals surface area (Å²) in [6.45, 7) is 5.23. The molecule has 2 aromatic rings. The maximum absolute atomic E-state index is 12.2. The lowest BCUT2D eigenvalue weighted by atomic mass is 10.1. The quantitative estimate of drug-likeness (QED) is 0.726. The van der Waals surface area contributed by atoms with Crippen molar-refractivity contribution in [2.75, 3.05) is 10.6 Å². The number of hydrogen-bond acceptors (Lipinski definition) is 3. The summed E-state index contributed by atoms with van der Waals surface area (Å²) in [7, 11) is 0. The Morgan fingerprint density at radius 3 is 1.72 bits per heavy atom. The fourth-order valence-corrected chi connectivity index (χ4v) is 2.13. The minimum atomic E-state index is -0.294. The third-order valence-corrected chi connectivity index (χ3v) is 3.37. The van der Waals surface area contributed by atoms with Gasteiger partial charge in [-0.25, -0.2) is 4.79 Å². The molecule has 0 spiro atoms. The molecule has 0 aliphatic carbocycles. The number of benzene rings is 2. The van der Waals surface area contributed by atoms with Gasteiger partial charge in [0.1, 0.15) is 0 Å². The molecule has 25 heavy (non-hydrogen) atoms. The highest BCUT2D eigenvalue weighted by Gasteiger charge is 2.08. The van der Waals surface area contributed by atoms with Crippen molar-refractivity contribution in [1.29, 1.82) is 0 Å². The Hall–Kier alpha value is -3.15. The molecule has 2 aromatic carbocycles. The summed E-state index contributed by atoms with van der Waals surface area (Å²) in [4.78, 5) is 35.1. The lowest BCUT2D eigenvalue weighted by Gasteiger charge is -2.10. The number of Topliss-reactive ketones (excluding diaryl/α,β-unsaturated/α-hetero) is 1. The van der Waals surface area contributed by atoms with E-state index in [9.17, 15) is 14.4 Å². The van der Waals surface area contributed by atoms with Crippen molar-refractivity contribution in [2.45, 2.75) is 26.8 Å². The molecule has 0 bridgehead atoms. The maximum atomic E-state index is 12.2. The molecule has 0 atom stereocenters. The van der Waals surface area contributed by atoms with E-state index in [0.29, 0.717) is 22.5 Å². The van der Waals surface area contributed by atoms with Crippen molar-refractivity contribution in [3.05, 3.63) is 59.7 Å². The van der Waals surface area contributed by atoms with Gasteiger partial charge in [0, 0.05) is 28.5 Å². The van der Waals surface area contributed by atoms with Crippen molar-refractivity contribution in [2.24, 2.45) is 0 Å². The van der Waals surface area contributed by atoms with E-state index in [2.05, 4.69) is 16.0 Å². The van der Waals surface area contributed by atoms with Gasteiger partial charge in [-0.15, -0.1) is 0 Å². The first-order valence-corrected chi connectivity index (χ1v) is 7.95. The van der Waals surface area contributed by atoms with E-state index in [1.807, 2.05) is 13.8 Å². The molecule has 2 rings (SSSR count). The lowest BCUT2D eigenvalue weighted by Crippen LogP contribution is -2.34. The largest absolute Gasteiger partial charge is 0.336 e. The van der Waals surface area contributed by atoms with Gasteiger partial charge in [0.2, 0.25) is 0 Å². The van der Waals surface area contributed by atoms with Gasteiger partial charge in [0.25, 0.3) is 5.91 Å². The first-order valence-electron chi connectivity index (χ1n) is 7.95. The van der Waals surface area contributed by atoms with Crippen LogP contribution in [0.25, 0.3) is 0 Å². The number of rotatable bonds is 5. The maximum Gasteiger partial charge on any atom is 0.319 e. The smallest absolute Gasteiger partial charge is 0.319 e. The number of urea groups is 1. The van der Waals surface area contributed by atoms with Crippen LogP contribution in [0.5, 0.6) is 0 Å². The molecule has 0 saturated heterocycles. The molecule has 6 nitrogen and oxygen atoms in total. The van der Waals surface area contributed by atoms with Crippen LogP contribution in [0.1, 0.15) is 41.5 Å². The molecular weight excluding hydrogens is 318 g/mol. The normalized spacial score (nSPS) is 10.2. The number of amides is 3. The van der Waals surface area contributed by atoms with Gasteiger partial charge in [-0.05, 0) is 69.3 Å². The Bertz CT molecular complexity index is 766. The molecule has 0 aliphatic heterocycles. The predicted molar refractivity (Wildman–Crippen MR) is 98.1 cm³/mol. The van der Waals surface area contributed by atoms with Crippen molar-refractivity contribution in [3.63, 3.8) is 0 Å². The zero-order valence-electron chi connectivity index (χ0n) is 14.4. The molecule has 0 fully saturated rings. The van der Waals surface area contributed by atoms with E-state index in [1.54, 1.807) is 48.5 Å². The second kappa shape index (κ2) is 8.10. The first-order chi connectivity index (χ1) is 11.8. The predicted octanol–water partition coefficient (Wildman–Crippen LogP) is 3.67. The van der Waals surface area contributed by atoms with Crippen LogP contribution in [0.2, 0.25) is 0 Å². The van der Waals surface area contributed by atoms with E-state index in [1.165, 1.54) is 6.92 Å². The van der Waals surface area contributed by atoms with E-state index in [0.717, 1.165) is 0 Å². The van der Waals surface area contributed by atoms with Crippen LogP contribution < -0.4 is 16.0 Å². The number of carbonyl (C=O) groups excluding carboxylic acids is 3. The average Bonchev–Trinajstić information content (AvgIpc) is 2.55. The van der Waals surface area contributed by atoms with Gasteiger partial charge in [0.15, 0.2) is 5.78 Å². The van der Waals surface area contributed by atoms with Crippen molar-refractivity contribution in [3.8, 4) is 0 Å². The second-order valence-electron chi connectivity index (χ2n) is 5.92. The number of ketones is 1. The second-order valence-corrected chi connectivity index (χ2v) is 5.92. The summed E-state index contributed by atoms with van der Waals surface area (Å²) in [5.41, 5.74) is 2.26. The Kier molecular flexibility index (Phi) is 5.89. The standard InChI is InChI=1S/C19H21N3O3/c1-12(2)20-19(25)22-17-10-6-15(7-11-17)18(24)21-16-8-4-14(5-9-16)13(3)23/h4-12H,1-3H3,(H,21,24)(H2,20,22,25). The third-order valence-electron chi connectivity index (χ3n) is 3.37. The zero-order valence-corrected chi connectivity index (χ0v) is 14.4. The summed E-state index contributed by atoms with van der Waals surface area (Å²) >= 11 is 0. The first kappa shape index (κ1) is 18.2. The average molecular weight is 339 g/mol.